The zero-order valence-electron chi connectivity index (χ0n) is 12.5. The van der Waals surface area contributed by atoms with Gasteiger partial charge in [0.2, 0.25) is 0 Å². The molecule has 0 aromatic carbocycles. The van der Waals surface area contributed by atoms with E-state index in [1.165, 1.54) is 0 Å². The van der Waals surface area contributed by atoms with Crippen molar-refractivity contribution < 1.29 is 9.53 Å². The van der Waals surface area contributed by atoms with Gasteiger partial charge in [-0.15, -0.1) is 0 Å². The summed E-state index contributed by atoms with van der Waals surface area (Å²) in [7, 11) is 1.74. The van der Waals surface area contributed by atoms with E-state index >= 15 is 0 Å². The van der Waals surface area contributed by atoms with Crippen molar-refractivity contribution in [1.29, 1.82) is 0 Å². The normalized spacial score (nSPS) is 18.1. The van der Waals surface area contributed by atoms with Crippen LogP contribution in [0, 0.1) is 0 Å². The van der Waals surface area contributed by atoms with Crippen LogP contribution in [0.25, 0.3) is 0 Å². The van der Waals surface area contributed by atoms with Crippen molar-refractivity contribution in [2.24, 2.45) is 7.05 Å². The second-order valence-corrected chi connectivity index (χ2v) is 5.34. The van der Waals surface area contributed by atoms with Gasteiger partial charge in [-0.1, -0.05) is 0 Å². The Hall–Kier alpha value is -2.28. The van der Waals surface area contributed by atoms with Crippen LogP contribution in [-0.2, 0) is 18.3 Å². The van der Waals surface area contributed by atoms with Gasteiger partial charge in [-0.2, -0.15) is 5.10 Å². The number of hydrogen-bond acceptors (Lipinski definition) is 5. The summed E-state index contributed by atoms with van der Waals surface area (Å²) in [5.41, 5.74) is 1.32. The van der Waals surface area contributed by atoms with E-state index in [4.69, 9.17) is 4.74 Å². The molecule has 0 unspecified atom stereocenters. The minimum Gasteiger partial charge on any atom is -0.381 e. The van der Waals surface area contributed by atoms with Gasteiger partial charge in [0.1, 0.15) is 11.5 Å². The molecule has 0 bridgehead atoms. The standard InChI is InChI=1S/C15H19N5O2/c1-20-13(5-7-18-20)15(21)17-9-12-4-6-16-14(19-12)11-3-2-8-22-10-11/h4-7,11H,2-3,8-10H2,1H3,(H,17,21)/t11-/m1/s1. The Balaban J connectivity index is 1.63. The first kappa shape index (κ1) is 14.6. The van der Waals surface area contributed by atoms with Gasteiger partial charge in [0, 0.05) is 32.0 Å². The summed E-state index contributed by atoms with van der Waals surface area (Å²) in [4.78, 5) is 20.9. The van der Waals surface area contributed by atoms with Crippen molar-refractivity contribution in [3.8, 4) is 0 Å². The monoisotopic (exact) mass is 301 g/mol. The van der Waals surface area contributed by atoms with Crippen LogP contribution in [0.5, 0.6) is 0 Å². The lowest BCUT2D eigenvalue weighted by molar-refractivity contribution is 0.0779. The number of aryl methyl sites for hydroxylation is 1. The van der Waals surface area contributed by atoms with Crippen molar-refractivity contribution in [3.63, 3.8) is 0 Å². The van der Waals surface area contributed by atoms with E-state index in [1.54, 1.807) is 30.2 Å². The smallest absolute Gasteiger partial charge is 0.269 e. The molecule has 3 heterocycles. The van der Waals surface area contributed by atoms with Crippen LogP contribution in [-0.4, -0.2) is 38.9 Å². The van der Waals surface area contributed by atoms with E-state index in [0.717, 1.165) is 31.0 Å². The van der Waals surface area contributed by atoms with Crippen LogP contribution in [0.4, 0.5) is 0 Å². The third-order valence-corrected chi connectivity index (χ3v) is 3.74. The highest BCUT2D eigenvalue weighted by Crippen LogP contribution is 2.22. The van der Waals surface area contributed by atoms with Gasteiger partial charge in [0.25, 0.3) is 5.91 Å². The molecule has 22 heavy (non-hydrogen) atoms. The molecule has 0 radical (unpaired) electrons. The van der Waals surface area contributed by atoms with Crippen LogP contribution in [0.1, 0.15) is 40.8 Å². The third-order valence-electron chi connectivity index (χ3n) is 3.74. The summed E-state index contributed by atoms with van der Waals surface area (Å²) in [5.74, 6) is 0.884. The molecule has 2 aromatic heterocycles. The van der Waals surface area contributed by atoms with Crippen LogP contribution in [0.15, 0.2) is 24.5 Å². The lowest BCUT2D eigenvalue weighted by Crippen LogP contribution is -2.26. The van der Waals surface area contributed by atoms with Gasteiger partial charge >= 0.3 is 0 Å². The number of nitrogens with one attached hydrogen (secondary N) is 1. The fraction of sp³-hybridized carbons (Fsp3) is 0.467. The minimum atomic E-state index is -0.166. The first-order chi connectivity index (χ1) is 10.7. The maximum Gasteiger partial charge on any atom is 0.269 e. The zero-order chi connectivity index (χ0) is 15.4. The van der Waals surface area contributed by atoms with E-state index in [0.29, 0.717) is 18.8 Å². The fourth-order valence-electron chi connectivity index (χ4n) is 2.51. The molecule has 7 heteroatoms. The molecule has 1 fully saturated rings. The summed E-state index contributed by atoms with van der Waals surface area (Å²) in [5, 5.41) is 6.84. The van der Waals surface area contributed by atoms with Crippen LogP contribution in [0.2, 0.25) is 0 Å². The number of carbonyl (C=O) groups is 1. The van der Waals surface area contributed by atoms with Crippen LogP contribution < -0.4 is 5.32 Å². The lowest BCUT2D eigenvalue weighted by Gasteiger charge is -2.20. The predicted molar refractivity (Wildman–Crippen MR) is 79.2 cm³/mol. The second kappa shape index (κ2) is 6.65. The number of hydrogen-bond donors (Lipinski definition) is 1. The predicted octanol–water partition coefficient (Wildman–Crippen LogP) is 1.03. The van der Waals surface area contributed by atoms with Gasteiger partial charge in [-0.25, -0.2) is 9.97 Å². The first-order valence-electron chi connectivity index (χ1n) is 7.40. The number of amides is 1. The molecule has 0 spiro atoms. The zero-order valence-corrected chi connectivity index (χ0v) is 12.5. The van der Waals surface area contributed by atoms with Crippen molar-refractivity contribution in [3.05, 3.63) is 41.7 Å². The molecule has 1 amide bonds. The van der Waals surface area contributed by atoms with Crippen molar-refractivity contribution >= 4 is 5.91 Å². The second-order valence-electron chi connectivity index (χ2n) is 5.34. The molecule has 2 aromatic rings. The van der Waals surface area contributed by atoms with E-state index in [2.05, 4.69) is 20.4 Å². The molecule has 3 rings (SSSR count). The number of aromatic nitrogens is 4. The van der Waals surface area contributed by atoms with Gasteiger partial charge in [-0.05, 0) is 25.0 Å². The fourth-order valence-corrected chi connectivity index (χ4v) is 2.51. The highest BCUT2D eigenvalue weighted by Gasteiger charge is 2.19. The average Bonchev–Trinajstić information content (AvgIpc) is 3.00. The number of ether oxygens (including phenoxy) is 1. The molecule has 1 atom stereocenters. The van der Waals surface area contributed by atoms with E-state index < -0.39 is 0 Å². The molecule has 1 aliphatic rings. The Morgan fingerprint density at radius 3 is 3.09 bits per heavy atom. The van der Waals surface area contributed by atoms with Crippen LogP contribution in [0.3, 0.4) is 0 Å². The molecule has 7 nitrogen and oxygen atoms in total. The number of rotatable bonds is 4. The molecular weight excluding hydrogens is 282 g/mol. The van der Waals surface area contributed by atoms with E-state index in [9.17, 15) is 4.79 Å². The maximum absolute atomic E-state index is 12.1. The largest absolute Gasteiger partial charge is 0.381 e. The summed E-state index contributed by atoms with van der Waals surface area (Å²) >= 11 is 0. The SMILES string of the molecule is Cn1nccc1C(=O)NCc1ccnc([C@@H]2CCCOC2)n1. The van der Waals surface area contributed by atoms with Crippen LogP contribution >= 0.6 is 0 Å². The summed E-state index contributed by atoms with van der Waals surface area (Å²) < 4.78 is 7.02. The molecule has 1 N–H and O–H groups in total. The van der Waals surface area contributed by atoms with Crippen molar-refractivity contribution in [1.82, 2.24) is 25.1 Å². The molecular formula is C15H19N5O2. The Morgan fingerprint density at radius 1 is 1.45 bits per heavy atom. The Kier molecular flexibility index (Phi) is 4.43. The number of carbonyl (C=O) groups excluding carboxylic acids is 1. The van der Waals surface area contributed by atoms with Crippen molar-refractivity contribution in [2.75, 3.05) is 13.2 Å². The van der Waals surface area contributed by atoms with Gasteiger partial charge < -0.3 is 10.1 Å². The summed E-state index contributed by atoms with van der Waals surface area (Å²) in [6.07, 6.45) is 5.42. The Labute approximate surface area is 128 Å². The van der Waals surface area contributed by atoms with Gasteiger partial charge in [0.15, 0.2) is 0 Å². The van der Waals surface area contributed by atoms with Crippen molar-refractivity contribution in [2.45, 2.75) is 25.3 Å². The van der Waals surface area contributed by atoms with E-state index in [1.807, 2.05) is 6.07 Å². The minimum absolute atomic E-state index is 0.166. The summed E-state index contributed by atoms with van der Waals surface area (Å²) in [6.45, 7) is 1.86. The number of nitrogens with zero attached hydrogens (tertiary/aromatic N) is 4. The van der Waals surface area contributed by atoms with E-state index in [-0.39, 0.29) is 11.8 Å². The quantitative estimate of drug-likeness (QED) is 0.912. The first-order valence-corrected chi connectivity index (χ1v) is 7.40. The topological polar surface area (TPSA) is 81.9 Å². The van der Waals surface area contributed by atoms with Gasteiger partial charge in [-0.3, -0.25) is 9.48 Å². The average molecular weight is 301 g/mol. The Bertz CT molecular complexity index is 649. The molecule has 1 saturated heterocycles. The molecule has 0 saturated carbocycles. The third kappa shape index (κ3) is 3.30. The summed E-state index contributed by atoms with van der Waals surface area (Å²) in [6, 6.07) is 3.50. The highest BCUT2D eigenvalue weighted by atomic mass is 16.5. The molecule has 0 aliphatic carbocycles. The Morgan fingerprint density at radius 2 is 2.36 bits per heavy atom. The lowest BCUT2D eigenvalue weighted by atomic mass is 10.0. The highest BCUT2D eigenvalue weighted by molar-refractivity contribution is 5.92. The maximum atomic E-state index is 12.1. The van der Waals surface area contributed by atoms with Gasteiger partial charge in [0.05, 0.1) is 18.8 Å². The molecule has 116 valence electrons. The molecule has 1 aliphatic heterocycles.